The molecule has 7 heteroatoms. The number of aliphatic hydroxyl groups is 4. The van der Waals surface area contributed by atoms with Crippen LogP contribution in [0.2, 0.25) is 0 Å². The molecule has 0 heterocycles. The number of hydrogen-bond donors (Lipinski definition) is 6. The van der Waals surface area contributed by atoms with Gasteiger partial charge in [-0.1, -0.05) is 18.2 Å². The highest BCUT2D eigenvalue weighted by Gasteiger charge is 2.29. The number of hydrazine groups is 1. The van der Waals surface area contributed by atoms with Gasteiger partial charge in [0.25, 0.3) is 0 Å². The van der Waals surface area contributed by atoms with Crippen LogP contribution in [0.25, 0.3) is 0 Å². The second-order valence-corrected chi connectivity index (χ2v) is 4.00. The number of hydrogen-bond acceptors (Lipinski definition) is 7. The summed E-state index contributed by atoms with van der Waals surface area (Å²) in [4.78, 5) is 11.5. The van der Waals surface area contributed by atoms with Crippen LogP contribution in [-0.2, 0) is 4.79 Å². The van der Waals surface area contributed by atoms with Crippen molar-refractivity contribution in [2.24, 2.45) is 0 Å². The number of para-hydroxylation sites is 1. The molecule has 0 unspecified atom stereocenters. The zero-order valence-corrected chi connectivity index (χ0v) is 10.2. The minimum atomic E-state index is -1.76. The molecule has 19 heavy (non-hydrogen) atoms. The largest absolute Gasteiger partial charge is 0.394 e. The molecule has 106 valence electrons. The van der Waals surface area contributed by atoms with Crippen LogP contribution in [0.1, 0.15) is 0 Å². The number of rotatable bonds is 8. The zero-order valence-electron chi connectivity index (χ0n) is 10.2. The van der Waals surface area contributed by atoms with Gasteiger partial charge < -0.3 is 25.9 Å². The van der Waals surface area contributed by atoms with Crippen molar-refractivity contribution >= 4 is 11.5 Å². The first kappa shape index (κ1) is 15.5. The highest BCUT2D eigenvalue weighted by atomic mass is 16.4. The molecule has 0 saturated carbocycles. The molecule has 0 aliphatic rings. The predicted molar refractivity (Wildman–Crippen MR) is 68.2 cm³/mol. The normalized spacial score (nSPS) is 15.6. The van der Waals surface area contributed by atoms with Gasteiger partial charge in [-0.3, -0.25) is 4.79 Å². The van der Waals surface area contributed by atoms with Crippen molar-refractivity contribution < 1.29 is 25.2 Å². The van der Waals surface area contributed by atoms with Crippen LogP contribution < -0.4 is 10.9 Å². The summed E-state index contributed by atoms with van der Waals surface area (Å²) < 4.78 is 0. The van der Waals surface area contributed by atoms with Crippen LogP contribution in [0.15, 0.2) is 30.3 Å². The minimum Gasteiger partial charge on any atom is -0.394 e. The summed E-state index contributed by atoms with van der Waals surface area (Å²) in [5, 5.41) is 36.5. The Morgan fingerprint density at radius 1 is 1.16 bits per heavy atom. The predicted octanol–water partition coefficient (Wildman–Crippen LogP) is -1.75. The van der Waals surface area contributed by atoms with Crippen LogP contribution in [0.4, 0.5) is 5.69 Å². The van der Waals surface area contributed by atoms with E-state index >= 15 is 0 Å². The smallest absolute Gasteiger partial charge is 0.179 e. The van der Waals surface area contributed by atoms with Crippen LogP contribution in [0, 0.1) is 0 Å². The second kappa shape index (κ2) is 7.82. The average molecular weight is 270 g/mol. The SMILES string of the molecule is O=C(CNNc1ccccc1)[C@@H](O)[C@@H](O)[C@H](O)CO. The van der Waals surface area contributed by atoms with E-state index in [0.29, 0.717) is 0 Å². The Balaban J connectivity index is 2.35. The third-order valence-electron chi connectivity index (χ3n) is 2.50. The van der Waals surface area contributed by atoms with Crippen molar-refractivity contribution in [3.8, 4) is 0 Å². The highest BCUT2D eigenvalue weighted by Crippen LogP contribution is 2.03. The quantitative estimate of drug-likeness (QED) is 0.310. The van der Waals surface area contributed by atoms with E-state index in [1.54, 1.807) is 12.1 Å². The molecule has 6 N–H and O–H groups in total. The molecule has 0 radical (unpaired) electrons. The van der Waals surface area contributed by atoms with E-state index in [9.17, 15) is 15.0 Å². The summed E-state index contributed by atoms with van der Waals surface area (Å²) in [6, 6.07) is 9.01. The van der Waals surface area contributed by atoms with Crippen LogP contribution in [-0.4, -0.2) is 57.7 Å². The summed E-state index contributed by atoms with van der Waals surface area (Å²) in [6.07, 6.45) is -5.02. The molecule has 0 fully saturated rings. The molecular formula is C12H18N2O5. The molecule has 1 rings (SSSR count). The van der Waals surface area contributed by atoms with Crippen LogP contribution in [0.3, 0.4) is 0 Å². The Kier molecular flexibility index (Phi) is 6.40. The number of carbonyl (C=O) groups is 1. The van der Waals surface area contributed by atoms with Gasteiger partial charge in [-0.05, 0) is 12.1 Å². The molecule has 0 bridgehead atoms. The number of ketones is 1. The molecule has 0 aromatic heterocycles. The third kappa shape index (κ3) is 4.93. The van der Waals surface area contributed by atoms with Gasteiger partial charge in [-0.2, -0.15) is 0 Å². The minimum absolute atomic E-state index is 0.245. The Morgan fingerprint density at radius 3 is 2.37 bits per heavy atom. The molecule has 0 aliphatic heterocycles. The summed E-state index contributed by atoms with van der Waals surface area (Å²) in [5.74, 6) is -0.705. The summed E-state index contributed by atoms with van der Waals surface area (Å²) in [5.41, 5.74) is 6.05. The molecule has 7 nitrogen and oxygen atoms in total. The van der Waals surface area contributed by atoms with E-state index in [1.807, 2.05) is 18.2 Å². The first-order valence-electron chi connectivity index (χ1n) is 5.78. The first-order chi connectivity index (χ1) is 9.06. The Hall–Kier alpha value is -1.51. The number of aliphatic hydroxyl groups excluding tert-OH is 4. The molecular weight excluding hydrogens is 252 g/mol. The van der Waals surface area contributed by atoms with Gasteiger partial charge in [-0.15, -0.1) is 0 Å². The molecule has 1 aromatic rings. The second-order valence-electron chi connectivity index (χ2n) is 4.00. The van der Waals surface area contributed by atoms with E-state index in [1.165, 1.54) is 0 Å². The fourth-order valence-corrected chi connectivity index (χ4v) is 1.37. The van der Waals surface area contributed by atoms with E-state index in [4.69, 9.17) is 10.2 Å². The van der Waals surface area contributed by atoms with Crippen LogP contribution in [0.5, 0.6) is 0 Å². The zero-order chi connectivity index (χ0) is 14.3. The number of carbonyl (C=O) groups excluding carboxylic acids is 1. The van der Waals surface area contributed by atoms with Crippen molar-refractivity contribution in [3.05, 3.63) is 30.3 Å². The lowest BCUT2D eigenvalue weighted by atomic mass is 10.1. The number of benzene rings is 1. The Labute approximate surface area is 110 Å². The van der Waals surface area contributed by atoms with Gasteiger partial charge in [0.1, 0.15) is 18.3 Å². The third-order valence-corrected chi connectivity index (χ3v) is 2.50. The molecule has 0 saturated heterocycles. The van der Waals surface area contributed by atoms with E-state index in [2.05, 4.69) is 10.9 Å². The monoisotopic (exact) mass is 270 g/mol. The van der Waals surface area contributed by atoms with Gasteiger partial charge >= 0.3 is 0 Å². The van der Waals surface area contributed by atoms with Crippen molar-refractivity contribution in [3.63, 3.8) is 0 Å². The fourth-order valence-electron chi connectivity index (χ4n) is 1.37. The van der Waals surface area contributed by atoms with Gasteiger partial charge in [0.05, 0.1) is 13.2 Å². The maximum absolute atomic E-state index is 11.5. The van der Waals surface area contributed by atoms with Gasteiger partial charge in [0.2, 0.25) is 0 Å². The van der Waals surface area contributed by atoms with Crippen molar-refractivity contribution in [1.82, 2.24) is 5.43 Å². The molecule has 0 aliphatic carbocycles. The van der Waals surface area contributed by atoms with Crippen LogP contribution >= 0.6 is 0 Å². The van der Waals surface area contributed by atoms with Gasteiger partial charge in [-0.25, -0.2) is 5.43 Å². The van der Waals surface area contributed by atoms with Gasteiger partial charge in [0.15, 0.2) is 5.78 Å². The van der Waals surface area contributed by atoms with Gasteiger partial charge in [0, 0.05) is 5.69 Å². The summed E-state index contributed by atoms with van der Waals surface area (Å²) in [6.45, 7) is -0.980. The Bertz CT molecular complexity index is 387. The molecule has 3 atom stereocenters. The average Bonchev–Trinajstić information content (AvgIpc) is 2.45. The topological polar surface area (TPSA) is 122 Å². The lowest BCUT2D eigenvalue weighted by Crippen LogP contribution is -2.47. The highest BCUT2D eigenvalue weighted by molar-refractivity contribution is 5.85. The van der Waals surface area contributed by atoms with Crippen molar-refractivity contribution in [2.75, 3.05) is 18.6 Å². The standard InChI is InChI=1S/C12H18N2O5/c15-7-10(17)12(19)11(18)9(16)6-13-14-8-4-2-1-3-5-8/h1-5,10-15,17-19H,6-7H2/t10-,11-,12+/m1/s1. The lowest BCUT2D eigenvalue weighted by molar-refractivity contribution is -0.139. The van der Waals surface area contributed by atoms with E-state index in [0.717, 1.165) is 5.69 Å². The molecule has 0 amide bonds. The van der Waals surface area contributed by atoms with Crippen molar-refractivity contribution in [2.45, 2.75) is 18.3 Å². The Morgan fingerprint density at radius 2 is 1.79 bits per heavy atom. The van der Waals surface area contributed by atoms with E-state index in [-0.39, 0.29) is 6.54 Å². The summed E-state index contributed by atoms with van der Waals surface area (Å²) in [7, 11) is 0. The maximum atomic E-state index is 11.5. The molecule has 0 spiro atoms. The lowest BCUT2D eigenvalue weighted by Gasteiger charge is -2.20. The fraction of sp³-hybridized carbons (Fsp3) is 0.417. The number of nitrogens with one attached hydrogen (secondary N) is 2. The first-order valence-corrected chi connectivity index (χ1v) is 5.78. The molecule has 1 aromatic carbocycles. The maximum Gasteiger partial charge on any atom is 0.179 e. The summed E-state index contributed by atoms with van der Waals surface area (Å²) >= 11 is 0. The van der Waals surface area contributed by atoms with Crippen molar-refractivity contribution in [1.29, 1.82) is 0 Å². The number of Topliss-reactive ketones (excluding diaryl/α,β-unsaturated/α-hetero) is 1. The number of anilines is 1. The van der Waals surface area contributed by atoms with E-state index < -0.39 is 30.7 Å².